The molecular weight excluding hydrogens is 273 g/mol. The third-order valence-electron chi connectivity index (χ3n) is 2.80. The van der Waals surface area contributed by atoms with Crippen molar-refractivity contribution in [1.82, 2.24) is 0 Å². The van der Waals surface area contributed by atoms with E-state index >= 15 is 0 Å². The van der Waals surface area contributed by atoms with Gasteiger partial charge in [-0.05, 0) is 43.0 Å². The summed E-state index contributed by atoms with van der Waals surface area (Å²) in [5.41, 5.74) is -0.709. The largest absolute Gasteiger partial charge is 0.493 e. The molecule has 3 nitrogen and oxygen atoms in total. The van der Waals surface area contributed by atoms with Gasteiger partial charge >= 0.3 is 12.1 Å². The van der Waals surface area contributed by atoms with Crippen LogP contribution in [0.1, 0.15) is 31.7 Å². The standard InChI is InChI=1S/C14H17F3O3/c1-10(3-2-4-13(18)19)9-20-12-7-5-11(6-8-12)14(15,16)17/h5-8,10H,2-4,9H2,1H3,(H,18,19). The van der Waals surface area contributed by atoms with E-state index in [1.165, 1.54) is 12.1 Å². The van der Waals surface area contributed by atoms with Crippen LogP contribution in [0.2, 0.25) is 0 Å². The van der Waals surface area contributed by atoms with Crippen LogP contribution in [0, 0.1) is 5.92 Å². The van der Waals surface area contributed by atoms with Crippen molar-refractivity contribution in [2.45, 2.75) is 32.4 Å². The monoisotopic (exact) mass is 290 g/mol. The first-order chi connectivity index (χ1) is 9.29. The first kappa shape index (κ1) is 16.3. The lowest BCUT2D eigenvalue weighted by Crippen LogP contribution is -2.10. The van der Waals surface area contributed by atoms with E-state index in [-0.39, 0.29) is 12.3 Å². The van der Waals surface area contributed by atoms with Gasteiger partial charge < -0.3 is 9.84 Å². The number of hydrogen-bond donors (Lipinski definition) is 1. The van der Waals surface area contributed by atoms with Crippen LogP contribution in [0.3, 0.4) is 0 Å². The van der Waals surface area contributed by atoms with Gasteiger partial charge in [-0.1, -0.05) is 6.92 Å². The maximum absolute atomic E-state index is 12.3. The van der Waals surface area contributed by atoms with Gasteiger partial charge in [-0.3, -0.25) is 4.79 Å². The molecule has 0 bridgehead atoms. The van der Waals surface area contributed by atoms with Crippen molar-refractivity contribution in [1.29, 1.82) is 0 Å². The lowest BCUT2D eigenvalue weighted by molar-refractivity contribution is -0.138. The van der Waals surface area contributed by atoms with Crippen LogP contribution in [-0.2, 0) is 11.0 Å². The topological polar surface area (TPSA) is 46.5 Å². The molecule has 112 valence electrons. The van der Waals surface area contributed by atoms with Crippen molar-refractivity contribution in [3.8, 4) is 5.75 Å². The molecular formula is C14H17F3O3. The van der Waals surface area contributed by atoms with Gasteiger partial charge in [-0.15, -0.1) is 0 Å². The fourth-order valence-corrected chi connectivity index (χ4v) is 1.66. The second kappa shape index (κ2) is 7.17. The molecule has 0 aliphatic heterocycles. The molecule has 1 aromatic carbocycles. The minimum Gasteiger partial charge on any atom is -0.493 e. The highest BCUT2D eigenvalue weighted by molar-refractivity contribution is 5.66. The summed E-state index contributed by atoms with van der Waals surface area (Å²) in [5.74, 6) is -0.305. The Balaban J connectivity index is 2.36. The number of carboxylic acid groups (broad SMARTS) is 1. The van der Waals surface area contributed by atoms with E-state index in [0.717, 1.165) is 12.1 Å². The number of rotatable bonds is 7. The lowest BCUT2D eigenvalue weighted by Gasteiger charge is -2.13. The molecule has 0 aromatic heterocycles. The number of hydrogen-bond acceptors (Lipinski definition) is 2. The third-order valence-corrected chi connectivity index (χ3v) is 2.80. The van der Waals surface area contributed by atoms with Crippen LogP contribution in [0.4, 0.5) is 13.2 Å². The minimum atomic E-state index is -4.34. The maximum Gasteiger partial charge on any atom is 0.416 e. The molecule has 20 heavy (non-hydrogen) atoms. The first-order valence-electron chi connectivity index (χ1n) is 6.31. The van der Waals surface area contributed by atoms with E-state index in [1.807, 2.05) is 6.92 Å². The molecule has 1 aromatic rings. The molecule has 6 heteroatoms. The zero-order chi connectivity index (χ0) is 15.2. The number of ether oxygens (including phenoxy) is 1. The second-order valence-corrected chi connectivity index (χ2v) is 4.72. The summed E-state index contributed by atoms with van der Waals surface area (Å²) in [7, 11) is 0. The van der Waals surface area contributed by atoms with Gasteiger partial charge in [-0.2, -0.15) is 13.2 Å². The number of carboxylic acids is 1. The van der Waals surface area contributed by atoms with Crippen molar-refractivity contribution in [3.05, 3.63) is 29.8 Å². The summed E-state index contributed by atoms with van der Waals surface area (Å²) in [5, 5.41) is 8.50. The van der Waals surface area contributed by atoms with Crippen molar-refractivity contribution in [2.24, 2.45) is 5.92 Å². The predicted molar refractivity (Wildman–Crippen MR) is 67.6 cm³/mol. The third kappa shape index (κ3) is 5.95. The van der Waals surface area contributed by atoms with Crippen molar-refractivity contribution in [2.75, 3.05) is 6.61 Å². The van der Waals surface area contributed by atoms with Crippen molar-refractivity contribution in [3.63, 3.8) is 0 Å². The van der Waals surface area contributed by atoms with Gasteiger partial charge in [0, 0.05) is 6.42 Å². The van der Waals surface area contributed by atoms with E-state index < -0.39 is 17.7 Å². The normalized spacial score (nSPS) is 13.0. The van der Waals surface area contributed by atoms with Gasteiger partial charge in [0.2, 0.25) is 0 Å². The fourth-order valence-electron chi connectivity index (χ4n) is 1.66. The Hall–Kier alpha value is -1.72. The molecule has 0 heterocycles. The zero-order valence-electron chi connectivity index (χ0n) is 11.1. The van der Waals surface area contributed by atoms with Gasteiger partial charge in [0.1, 0.15) is 5.75 Å². The lowest BCUT2D eigenvalue weighted by atomic mass is 10.1. The average Bonchev–Trinajstić information content (AvgIpc) is 2.35. The number of alkyl halides is 3. The van der Waals surface area contributed by atoms with Crippen LogP contribution < -0.4 is 4.74 Å². The fraction of sp³-hybridized carbons (Fsp3) is 0.500. The molecule has 0 saturated heterocycles. The molecule has 1 rings (SSSR count). The molecule has 1 unspecified atom stereocenters. The summed E-state index contributed by atoms with van der Waals surface area (Å²) in [6, 6.07) is 4.52. The summed E-state index contributed by atoms with van der Waals surface area (Å²) < 4.78 is 42.4. The Labute approximate surface area is 115 Å². The van der Waals surface area contributed by atoms with Gasteiger partial charge in [0.25, 0.3) is 0 Å². The molecule has 0 amide bonds. The Morgan fingerprint density at radius 1 is 1.30 bits per heavy atom. The van der Waals surface area contributed by atoms with Crippen LogP contribution in [0.15, 0.2) is 24.3 Å². The summed E-state index contributed by atoms with van der Waals surface area (Å²) in [6.07, 6.45) is -2.97. The highest BCUT2D eigenvalue weighted by Gasteiger charge is 2.29. The molecule has 0 spiro atoms. The molecule has 0 aliphatic carbocycles. The van der Waals surface area contributed by atoms with Crippen molar-refractivity contribution >= 4 is 5.97 Å². The highest BCUT2D eigenvalue weighted by Crippen LogP contribution is 2.30. The van der Waals surface area contributed by atoms with Crippen LogP contribution in [-0.4, -0.2) is 17.7 Å². The molecule has 0 radical (unpaired) electrons. The zero-order valence-corrected chi connectivity index (χ0v) is 11.1. The van der Waals surface area contributed by atoms with E-state index in [2.05, 4.69) is 0 Å². The predicted octanol–water partition coefficient (Wildman–Crippen LogP) is 3.98. The number of halogens is 3. The Morgan fingerprint density at radius 2 is 1.90 bits per heavy atom. The van der Waals surface area contributed by atoms with Gasteiger partial charge in [0.05, 0.1) is 12.2 Å². The van der Waals surface area contributed by atoms with Crippen LogP contribution in [0.5, 0.6) is 5.75 Å². The molecule has 0 saturated carbocycles. The van der Waals surface area contributed by atoms with E-state index in [1.54, 1.807) is 0 Å². The molecule has 0 fully saturated rings. The average molecular weight is 290 g/mol. The maximum atomic E-state index is 12.3. The van der Waals surface area contributed by atoms with Crippen LogP contribution >= 0.6 is 0 Å². The summed E-state index contributed by atoms with van der Waals surface area (Å²) >= 11 is 0. The summed E-state index contributed by atoms with van der Waals surface area (Å²) in [6.45, 7) is 2.26. The number of benzene rings is 1. The first-order valence-corrected chi connectivity index (χ1v) is 6.31. The number of aliphatic carboxylic acids is 1. The van der Waals surface area contributed by atoms with Crippen LogP contribution in [0.25, 0.3) is 0 Å². The number of carbonyl (C=O) groups is 1. The van der Waals surface area contributed by atoms with Gasteiger partial charge in [-0.25, -0.2) is 0 Å². The van der Waals surface area contributed by atoms with E-state index in [9.17, 15) is 18.0 Å². The second-order valence-electron chi connectivity index (χ2n) is 4.72. The van der Waals surface area contributed by atoms with E-state index in [4.69, 9.17) is 9.84 Å². The summed E-state index contributed by atoms with van der Waals surface area (Å²) in [4.78, 5) is 10.3. The van der Waals surface area contributed by atoms with E-state index in [0.29, 0.717) is 25.2 Å². The Kier molecular flexibility index (Phi) is 5.85. The molecule has 1 N–H and O–H groups in total. The highest BCUT2D eigenvalue weighted by atomic mass is 19.4. The van der Waals surface area contributed by atoms with Crippen molar-refractivity contribution < 1.29 is 27.8 Å². The molecule has 0 aliphatic rings. The smallest absolute Gasteiger partial charge is 0.416 e. The quantitative estimate of drug-likeness (QED) is 0.826. The minimum absolute atomic E-state index is 0.116. The molecule has 1 atom stereocenters. The Morgan fingerprint density at radius 3 is 2.40 bits per heavy atom. The van der Waals surface area contributed by atoms with Gasteiger partial charge in [0.15, 0.2) is 0 Å². The Bertz CT molecular complexity index is 426. The SMILES string of the molecule is CC(CCCC(=O)O)COc1ccc(C(F)(F)F)cc1.